The summed E-state index contributed by atoms with van der Waals surface area (Å²) in [6.45, 7) is 3.10. The number of nitrogens with zero attached hydrogens (tertiary/aromatic N) is 2. The quantitative estimate of drug-likeness (QED) is 0.647. The Morgan fingerprint density at radius 2 is 1.82 bits per heavy atom. The molecule has 1 aliphatic rings. The molecule has 3 aromatic rings. The van der Waals surface area contributed by atoms with Gasteiger partial charge in [0.2, 0.25) is 5.91 Å². The molecule has 1 N–H and O–H groups in total. The molecule has 0 aliphatic carbocycles. The van der Waals surface area contributed by atoms with Crippen LogP contribution in [0.3, 0.4) is 0 Å². The molecule has 1 saturated heterocycles. The van der Waals surface area contributed by atoms with Crippen molar-refractivity contribution < 1.29 is 4.79 Å². The highest BCUT2D eigenvalue weighted by Crippen LogP contribution is 2.22. The van der Waals surface area contributed by atoms with Crippen molar-refractivity contribution in [3.05, 3.63) is 65.2 Å². The fraction of sp³-hybridized carbons (Fsp3) is 0.391. The molecule has 1 fully saturated rings. The minimum atomic E-state index is 0.183. The van der Waals surface area contributed by atoms with Gasteiger partial charge in [-0.25, -0.2) is 4.98 Å². The zero-order valence-corrected chi connectivity index (χ0v) is 17.0. The predicted octanol–water partition coefficient (Wildman–Crippen LogP) is 4.40. The summed E-state index contributed by atoms with van der Waals surface area (Å²) in [5.74, 6) is 0.183. The first-order valence-electron chi connectivity index (χ1n) is 10.2. The lowest BCUT2D eigenvalue weighted by atomic mass is 10.0. The number of fused-ring (bicyclic) bond motifs is 1. The maximum absolute atomic E-state index is 12.3. The summed E-state index contributed by atoms with van der Waals surface area (Å²) >= 11 is 1.74. The zero-order valence-electron chi connectivity index (χ0n) is 16.1. The number of rotatable bonds is 7. The average Bonchev–Trinajstić information content (AvgIpc) is 3.13. The van der Waals surface area contributed by atoms with Crippen LogP contribution in [0.5, 0.6) is 0 Å². The minimum Gasteiger partial charge on any atom is -0.353 e. The monoisotopic (exact) mass is 393 g/mol. The van der Waals surface area contributed by atoms with Gasteiger partial charge in [0.05, 0.1) is 15.2 Å². The van der Waals surface area contributed by atoms with Crippen LogP contribution in [0.25, 0.3) is 10.2 Å². The van der Waals surface area contributed by atoms with E-state index < -0.39 is 0 Å². The fourth-order valence-corrected chi connectivity index (χ4v) is 4.81. The lowest BCUT2D eigenvalue weighted by molar-refractivity contribution is -0.122. The fourth-order valence-electron chi connectivity index (χ4n) is 3.80. The number of aryl methyl sites for hydroxylation is 1. The first-order valence-corrected chi connectivity index (χ1v) is 11.0. The lowest BCUT2D eigenvalue weighted by Crippen LogP contribution is -2.44. The van der Waals surface area contributed by atoms with E-state index in [9.17, 15) is 4.79 Å². The number of amides is 1. The minimum absolute atomic E-state index is 0.183. The third-order valence-corrected chi connectivity index (χ3v) is 6.43. The Morgan fingerprint density at radius 3 is 2.61 bits per heavy atom. The number of carbonyl (C=O) groups excluding carboxylic acids is 1. The van der Waals surface area contributed by atoms with Crippen LogP contribution in [0.1, 0.15) is 36.3 Å². The van der Waals surface area contributed by atoms with E-state index in [0.717, 1.165) is 55.8 Å². The highest BCUT2D eigenvalue weighted by atomic mass is 32.1. The number of carbonyl (C=O) groups is 1. The van der Waals surface area contributed by atoms with Crippen LogP contribution < -0.4 is 5.32 Å². The average molecular weight is 394 g/mol. The van der Waals surface area contributed by atoms with Crippen molar-refractivity contribution in [3.8, 4) is 0 Å². The lowest BCUT2D eigenvalue weighted by Gasteiger charge is -2.32. The molecule has 5 heteroatoms. The Morgan fingerprint density at radius 1 is 1.07 bits per heavy atom. The highest BCUT2D eigenvalue weighted by molar-refractivity contribution is 7.18. The molecule has 28 heavy (non-hydrogen) atoms. The van der Waals surface area contributed by atoms with Gasteiger partial charge in [0.15, 0.2) is 0 Å². The molecule has 4 nitrogen and oxygen atoms in total. The number of hydrogen-bond donors (Lipinski definition) is 1. The van der Waals surface area contributed by atoms with Crippen molar-refractivity contribution in [1.82, 2.24) is 15.2 Å². The number of piperidine rings is 1. The van der Waals surface area contributed by atoms with Crippen LogP contribution in [-0.2, 0) is 17.8 Å². The molecule has 2 aromatic carbocycles. The molecule has 0 bridgehead atoms. The first-order chi connectivity index (χ1) is 13.8. The third-order valence-electron chi connectivity index (χ3n) is 5.33. The van der Waals surface area contributed by atoms with E-state index in [2.05, 4.69) is 51.6 Å². The van der Waals surface area contributed by atoms with Gasteiger partial charge < -0.3 is 5.32 Å². The second kappa shape index (κ2) is 9.30. The maximum Gasteiger partial charge on any atom is 0.220 e. The van der Waals surface area contributed by atoms with Crippen molar-refractivity contribution in [2.45, 2.75) is 44.7 Å². The molecule has 1 aromatic heterocycles. The zero-order chi connectivity index (χ0) is 19.2. The number of nitrogens with one attached hydrogen (secondary N) is 1. The van der Waals surface area contributed by atoms with Crippen LogP contribution in [0.2, 0.25) is 0 Å². The van der Waals surface area contributed by atoms with E-state index >= 15 is 0 Å². The molecular formula is C23H27N3OS. The number of thiazole rings is 1. The van der Waals surface area contributed by atoms with Crippen molar-refractivity contribution in [2.24, 2.45) is 0 Å². The van der Waals surface area contributed by atoms with Gasteiger partial charge in [0.25, 0.3) is 0 Å². The van der Waals surface area contributed by atoms with Crippen LogP contribution in [-0.4, -0.2) is 34.9 Å². The van der Waals surface area contributed by atoms with E-state index in [1.807, 2.05) is 18.2 Å². The molecule has 0 radical (unpaired) electrons. The number of aromatic nitrogens is 1. The van der Waals surface area contributed by atoms with E-state index in [4.69, 9.17) is 0 Å². The van der Waals surface area contributed by atoms with Crippen LogP contribution >= 0.6 is 11.3 Å². The summed E-state index contributed by atoms with van der Waals surface area (Å²) < 4.78 is 1.23. The van der Waals surface area contributed by atoms with Crippen LogP contribution in [0, 0.1) is 0 Å². The predicted molar refractivity (Wildman–Crippen MR) is 115 cm³/mol. The van der Waals surface area contributed by atoms with Gasteiger partial charge in [-0.2, -0.15) is 0 Å². The number of likely N-dealkylation sites (tertiary alicyclic amines) is 1. The van der Waals surface area contributed by atoms with Gasteiger partial charge >= 0.3 is 0 Å². The second-order valence-electron chi connectivity index (χ2n) is 7.53. The SMILES string of the molecule is O=C(CCCc1nc2ccccc2s1)NC1CCN(Cc2ccccc2)CC1. The van der Waals surface area contributed by atoms with Gasteiger partial charge in [-0.1, -0.05) is 42.5 Å². The molecule has 0 spiro atoms. The Labute approximate surface area is 170 Å². The summed E-state index contributed by atoms with van der Waals surface area (Å²) in [6.07, 6.45) is 4.40. The van der Waals surface area contributed by atoms with E-state index in [0.29, 0.717) is 12.5 Å². The molecule has 146 valence electrons. The van der Waals surface area contributed by atoms with E-state index in [1.165, 1.54) is 10.3 Å². The molecule has 1 aliphatic heterocycles. The standard InChI is InChI=1S/C23H27N3OS/c27-22(11-6-12-23-25-20-9-4-5-10-21(20)28-23)24-19-13-15-26(16-14-19)17-18-7-2-1-3-8-18/h1-5,7-10,19H,6,11-17H2,(H,24,27). The van der Waals surface area contributed by atoms with Gasteiger partial charge in [0.1, 0.15) is 0 Å². The summed E-state index contributed by atoms with van der Waals surface area (Å²) in [5.41, 5.74) is 2.43. The summed E-state index contributed by atoms with van der Waals surface area (Å²) in [5, 5.41) is 4.36. The highest BCUT2D eigenvalue weighted by Gasteiger charge is 2.20. The normalized spacial score (nSPS) is 15.7. The Balaban J connectivity index is 1.15. The van der Waals surface area contributed by atoms with Crippen molar-refractivity contribution in [2.75, 3.05) is 13.1 Å². The largest absolute Gasteiger partial charge is 0.353 e. The van der Waals surface area contributed by atoms with Crippen LogP contribution in [0.15, 0.2) is 54.6 Å². The molecular weight excluding hydrogens is 366 g/mol. The van der Waals surface area contributed by atoms with E-state index in [-0.39, 0.29) is 5.91 Å². The topological polar surface area (TPSA) is 45.2 Å². The summed E-state index contributed by atoms with van der Waals surface area (Å²) in [7, 11) is 0. The smallest absolute Gasteiger partial charge is 0.220 e. The van der Waals surface area contributed by atoms with Crippen molar-refractivity contribution in [1.29, 1.82) is 0 Å². The molecule has 4 rings (SSSR count). The second-order valence-corrected chi connectivity index (χ2v) is 8.65. The molecule has 0 saturated carbocycles. The number of benzene rings is 2. The number of para-hydroxylation sites is 1. The molecule has 2 heterocycles. The maximum atomic E-state index is 12.3. The number of hydrogen-bond acceptors (Lipinski definition) is 4. The molecule has 0 atom stereocenters. The van der Waals surface area contributed by atoms with Gasteiger partial charge in [-0.15, -0.1) is 11.3 Å². The first kappa shape index (κ1) is 19.1. The Hall–Kier alpha value is -2.24. The van der Waals surface area contributed by atoms with Crippen LogP contribution in [0.4, 0.5) is 0 Å². The van der Waals surface area contributed by atoms with Gasteiger partial charge in [-0.3, -0.25) is 9.69 Å². The summed E-state index contributed by atoms with van der Waals surface area (Å²) in [6, 6.07) is 19.1. The third kappa shape index (κ3) is 5.18. The Kier molecular flexibility index (Phi) is 6.34. The summed E-state index contributed by atoms with van der Waals surface area (Å²) in [4.78, 5) is 19.4. The van der Waals surface area contributed by atoms with Gasteiger partial charge in [-0.05, 0) is 43.4 Å². The van der Waals surface area contributed by atoms with Gasteiger partial charge in [0, 0.05) is 32.1 Å². The Bertz CT molecular complexity index is 867. The molecule has 0 unspecified atom stereocenters. The van der Waals surface area contributed by atoms with E-state index in [1.54, 1.807) is 11.3 Å². The van der Waals surface area contributed by atoms with Crippen molar-refractivity contribution >= 4 is 27.5 Å². The van der Waals surface area contributed by atoms with Crippen molar-refractivity contribution in [3.63, 3.8) is 0 Å². The molecule has 1 amide bonds.